The van der Waals surface area contributed by atoms with E-state index >= 15 is 0 Å². The first-order chi connectivity index (χ1) is 27.3. The van der Waals surface area contributed by atoms with Crippen molar-refractivity contribution in [3.05, 3.63) is 88.7 Å². The summed E-state index contributed by atoms with van der Waals surface area (Å²) in [5, 5.41) is 14.1. The minimum atomic E-state index is -1.02. The number of nitrogens with one attached hydrogen (secondary N) is 3. The lowest BCUT2D eigenvalue weighted by Gasteiger charge is -2.29. The van der Waals surface area contributed by atoms with Crippen molar-refractivity contribution in [2.24, 2.45) is 13.0 Å². The van der Waals surface area contributed by atoms with E-state index in [2.05, 4.69) is 26.0 Å². The van der Waals surface area contributed by atoms with Gasteiger partial charge in [0.05, 0.1) is 35.8 Å². The molecule has 15 nitrogen and oxygen atoms in total. The number of aromatic nitrogens is 3. The first-order valence-corrected chi connectivity index (χ1v) is 19.3. The maximum absolute atomic E-state index is 14.5. The Labute approximate surface area is 332 Å². The summed E-state index contributed by atoms with van der Waals surface area (Å²) < 4.78 is 12.9. The van der Waals surface area contributed by atoms with Gasteiger partial charge >= 0.3 is 0 Å². The fourth-order valence-corrected chi connectivity index (χ4v) is 7.72. The summed E-state index contributed by atoms with van der Waals surface area (Å²) in [6, 6.07) is 15.8. The van der Waals surface area contributed by atoms with E-state index in [1.807, 2.05) is 64.1 Å². The lowest BCUT2D eigenvalue weighted by molar-refractivity contribution is -0.141. The molecular weight excluding hydrogens is 729 g/mol. The highest BCUT2D eigenvalue weighted by Gasteiger charge is 2.40. The van der Waals surface area contributed by atoms with Gasteiger partial charge in [0.25, 0.3) is 11.8 Å². The third kappa shape index (κ3) is 9.77. The standard InChI is InChI=1S/C42H52N8O7/c1-25(2)17-34-42(55)49(15-16-56-6)23-36(51)44-33(19-28-11-8-7-9-12-28)40(53)46-35-22-50(21-32(35)29-13-10-14-30(20-29)57-24-37(52)45-34)41(54)31-18-26(3)43-39-38(31)27(4)47-48(39)5/h7-14,18,20,25,32-35H,15-17,19,21-24H2,1-6H3,(H,44,51)(H,45,52)(H,46,53)/t32-,33+,34-,35+/m1/s1. The number of pyridine rings is 1. The number of aryl methyl sites for hydroxylation is 3. The van der Waals surface area contributed by atoms with Gasteiger partial charge < -0.3 is 35.2 Å². The third-order valence-electron chi connectivity index (χ3n) is 10.4. The van der Waals surface area contributed by atoms with Crippen LogP contribution in [-0.2, 0) is 37.4 Å². The molecule has 0 radical (unpaired) electrons. The highest BCUT2D eigenvalue weighted by Crippen LogP contribution is 2.33. The number of benzene rings is 2. The Bertz CT molecular complexity index is 2120. The maximum Gasteiger partial charge on any atom is 0.258 e. The van der Waals surface area contributed by atoms with Crippen LogP contribution in [0.4, 0.5) is 0 Å². The van der Waals surface area contributed by atoms with Crippen LogP contribution in [0.5, 0.6) is 5.75 Å². The number of fused-ring (bicyclic) bond motifs is 5. The molecule has 2 bridgehead atoms. The number of hydrogen-bond acceptors (Lipinski definition) is 9. The summed E-state index contributed by atoms with van der Waals surface area (Å²) >= 11 is 0. The van der Waals surface area contributed by atoms with E-state index in [1.54, 1.807) is 40.9 Å². The summed E-state index contributed by atoms with van der Waals surface area (Å²) in [6.45, 7) is 7.50. The molecule has 0 saturated carbocycles. The third-order valence-corrected chi connectivity index (χ3v) is 10.4. The van der Waals surface area contributed by atoms with E-state index in [0.29, 0.717) is 40.2 Å². The van der Waals surface area contributed by atoms with Crippen LogP contribution in [0.2, 0.25) is 0 Å². The Morgan fingerprint density at radius 2 is 1.70 bits per heavy atom. The highest BCUT2D eigenvalue weighted by molar-refractivity contribution is 6.06. The molecule has 4 heterocycles. The van der Waals surface area contributed by atoms with Crippen molar-refractivity contribution in [2.45, 2.75) is 64.6 Å². The number of amides is 5. The van der Waals surface area contributed by atoms with Crippen molar-refractivity contribution in [2.75, 3.05) is 46.5 Å². The second kappa shape index (κ2) is 18.0. The highest BCUT2D eigenvalue weighted by atomic mass is 16.5. The van der Waals surface area contributed by atoms with Gasteiger partial charge in [0.1, 0.15) is 17.8 Å². The zero-order valence-corrected chi connectivity index (χ0v) is 33.4. The molecule has 3 N–H and O–H groups in total. The summed E-state index contributed by atoms with van der Waals surface area (Å²) in [5.74, 6) is -2.07. The minimum absolute atomic E-state index is 0.0413. The Balaban J connectivity index is 1.37. The largest absolute Gasteiger partial charge is 0.484 e. The van der Waals surface area contributed by atoms with Crippen molar-refractivity contribution in [1.82, 2.24) is 40.5 Å². The number of nitrogens with zero attached hydrogens (tertiary/aromatic N) is 5. The van der Waals surface area contributed by atoms with Crippen LogP contribution in [0.25, 0.3) is 11.0 Å². The first kappa shape index (κ1) is 40.8. The molecule has 302 valence electrons. The number of likely N-dealkylation sites (tertiary alicyclic amines) is 1. The molecule has 0 aliphatic carbocycles. The van der Waals surface area contributed by atoms with Gasteiger partial charge in [0.15, 0.2) is 12.3 Å². The summed E-state index contributed by atoms with van der Waals surface area (Å²) in [5.41, 5.74) is 4.03. The normalized spacial score (nSPS) is 21.0. The monoisotopic (exact) mass is 780 g/mol. The molecule has 0 unspecified atom stereocenters. The maximum atomic E-state index is 14.5. The summed E-state index contributed by atoms with van der Waals surface area (Å²) in [6.07, 6.45) is 0.502. The number of methoxy groups -OCH3 is 1. The van der Waals surface area contributed by atoms with E-state index in [0.717, 1.165) is 11.1 Å². The van der Waals surface area contributed by atoms with E-state index in [-0.39, 0.29) is 63.6 Å². The molecular formula is C42H52N8O7. The Morgan fingerprint density at radius 3 is 2.44 bits per heavy atom. The minimum Gasteiger partial charge on any atom is -0.484 e. The van der Waals surface area contributed by atoms with Gasteiger partial charge in [-0.05, 0) is 55.5 Å². The van der Waals surface area contributed by atoms with Crippen molar-refractivity contribution in [3.8, 4) is 5.75 Å². The lowest BCUT2D eigenvalue weighted by atomic mass is 9.93. The fraction of sp³-hybridized carbons (Fsp3) is 0.452. The Hall–Kier alpha value is -5.83. The second-order valence-electron chi connectivity index (χ2n) is 15.3. The number of carbonyl (C=O) groups excluding carboxylic acids is 5. The SMILES string of the molecule is COCCN1CC(=O)N[C@@H](Cc2ccccc2)C(=O)N[C@H]2CN(C(=O)c3cc(C)nc4c3c(C)nn4C)C[C@@H]2c2cccc(c2)OCC(=O)N[C@H](CC(C)C)C1=O. The number of rotatable bonds is 8. The molecule has 57 heavy (non-hydrogen) atoms. The Kier molecular flexibility index (Phi) is 12.9. The molecule has 2 aromatic heterocycles. The quantitative estimate of drug-likeness (QED) is 0.243. The van der Waals surface area contributed by atoms with E-state index in [9.17, 15) is 24.0 Å². The predicted octanol–water partition coefficient (Wildman–Crippen LogP) is 2.44. The van der Waals surface area contributed by atoms with Crippen LogP contribution in [0.1, 0.15) is 59.1 Å². The second-order valence-corrected chi connectivity index (χ2v) is 15.3. The topological polar surface area (TPSA) is 177 Å². The van der Waals surface area contributed by atoms with Crippen LogP contribution in [-0.4, -0.2) is 119 Å². The van der Waals surface area contributed by atoms with Crippen molar-refractivity contribution >= 4 is 40.6 Å². The molecule has 2 aromatic carbocycles. The summed E-state index contributed by atoms with van der Waals surface area (Å²) in [7, 11) is 3.29. The average molecular weight is 781 g/mol. The smallest absolute Gasteiger partial charge is 0.258 e. The number of ether oxygens (including phenoxy) is 2. The van der Waals surface area contributed by atoms with Crippen molar-refractivity contribution in [3.63, 3.8) is 0 Å². The molecule has 15 heteroatoms. The van der Waals surface area contributed by atoms with Gasteiger partial charge in [-0.3, -0.25) is 28.7 Å². The predicted molar refractivity (Wildman–Crippen MR) is 212 cm³/mol. The molecule has 4 aromatic rings. The van der Waals surface area contributed by atoms with Crippen molar-refractivity contribution in [1.29, 1.82) is 0 Å². The summed E-state index contributed by atoms with van der Waals surface area (Å²) in [4.78, 5) is 77.7. The lowest BCUT2D eigenvalue weighted by Crippen LogP contribution is -2.56. The molecule has 6 rings (SSSR count). The van der Waals surface area contributed by atoms with Crippen LogP contribution >= 0.6 is 0 Å². The molecule has 0 spiro atoms. The molecule has 2 aliphatic heterocycles. The van der Waals surface area contributed by atoms with E-state index < -0.39 is 41.8 Å². The van der Waals surface area contributed by atoms with Crippen LogP contribution in [0.3, 0.4) is 0 Å². The Morgan fingerprint density at radius 1 is 0.947 bits per heavy atom. The fourth-order valence-electron chi connectivity index (χ4n) is 7.72. The molecule has 2 aliphatic rings. The zero-order valence-electron chi connectivity index (χ0n) is 33.4. The van der Waals surface area contributed by atoms with Crippen molar-refractivity contribution < 1.29 is 33.4 Å². The first-order valence-electron chi connectivity index (χ1n) is 19.3. The van der Waals surface area contributed by atoms with Gasteiger partial charge in [-0.2, -0.15) is 5.10 Å². The van der Waals surface area contributed by atoms with Gasteiger partial charge in [-0.1, -0.05) is 56.3 Å². The van der Waals surface area contributed by atoms with E-state index in [4.69, 9.17) is 9.47 Å². The van der Waals surface area contributed by atoms with Gasteiger partial charge in [-0.15, -0.1) is 0 Å². The molecule has 1 fully saturated rings. The molecule has 4 atom stereocenters. The van der Waals surface area contributed by atoms with Crippen LogP contribution < -0.4 is 20.7 Å². The number of hydrogen-bond donors (Lipinski definition) is 3. The molecule has 5 amide bonds. The number of carbonyl (C=O) groups is 5. The van der Waals surface area contributed by atoms with Crippen LogP contribution in [0.15, 0.2) is 60.7 Å². The average Bonchev–Trinajstić information content (AvgIpc) is 3.73. The zero-order chi connectivity index (χ0) is 40.8. The van der Waals surface area contributed by atoms with Gasteiger partial charge in [0.2, 0.25) is 17.7 Å². The van der Waals surface area contributed by atoms with Gasteiger partial charge in [0, 0.05) is 51.8 Å². The van der Waals surface area contributed by atoms with Crippen LogP contribution in [0, 0.1) is 19.8 Å². The molecule has 1 saturated heterocycles. The van der Waals surface area contributed by atoms with E-state index in [1.165, 1.54) is 12.0 Å². The van der Waals surface area contributed by atoms with Gasteiger partial charge in [-0.25, -0.2) is 4.98 Å².